The van der Waals surface area contributed by atoms with E-state index in [4.69, 9.17) is 10.8 Å². The van der Waals surface area contributed by atoms with Crippen LogP contribution in [0, 0.1) is 0 Å². The summed E-state index contributed by atoms with van der Waals surface area (Å²) in [5.74, 6) is -1.82. The van der Waals surface area contributed by atoms with Gasteiger partial charge in [0.05, 0.1) is 0 Å². The zero-order chi connectivity index (χ0) is 12.6. The highest BCUT2D eigenvalue weighted by atomic mass is 16.4. The maximum Gasteiger partial charge on any atom is 0.326 e. The topological polar surface area (TPSA) is 122 Å². The van der Waals surface area contributed by atoms with E-state index in [-0.39, 0.29) is 19.4 Å². The molecule has 0 aliphatic rings. The molecule has 3 amide bonds. The lowest BCUT2D eigenvalue weighted by molar-refractivity contribution is -0.139. The second kappa shape index (κ2) is 7.27. The zero-order valence-electron chi connectivity index (χ0n) is 8.73. The maximum absolute atomic E-state index is 11.1. The van der Waals surface area contributed by atoms with Crippen LogP contribution in [0.5, 0.6) is 0 Å². The average molecular weight is 229 g/mol. The van der Waals surface area contributed by atoms with Gasteiger partial charge in [-0.05, 0) is 6.42 Å². The highest BCUT2D eigenvalue weighted by molar-refractivity contribution is 5.83. The number of carbonyl (C=O) groups is 3. The molecule has 0 saturated carbocycles. The largest absolute Gasteiger partial charge is 0.480 e. The van der Waals surface area contributed by atoms with Crippen molar-refractivity contribution < 1.29 is 19.5 Å². The predicted molar refractivity (Wildman–Crippen MR) is 56.6 cm³/mol. The molecule has 16 heavy (non-hydrogen) atoms. The molecule has 0 aliphatic heterocycles. The summed E-state index contributed by atoms with van der Waals surface area (Å²) in [6, 6.07) is -1.76. The molecule has 0 fully saturated rings. The molecule has 0 heterocycles. The normalized spacial score (nSPS) is 11.2. The van der Waals surface area contributed by atoms with Crippen LogP contribution in [0.4, 0.5) is 4.79 Å². The highest BCUT2D eigenvalue weighted by Gasteiger charge is 2.19. The number of hydrogen-bond donors (Lipinski definition) is 4. The van der Waals surface area contributed by atoms with Crippen molar-refractivity contribution in [1.82, 2.24) is 10.6 Å². The van der Waals surface area contributed by atoms with E-state index >= 15 is 0 Å². The molecule has 7 heteroatoms. The first-order valence-electron chi connectivity index (χ1n) is 4.63. The van der Waals surface area contributed by atoms with Crippen LogP contribution in [0.2, 0.25) is 0 Å². The van der Waals surface area contributed by atoms with Crippen molar-refractivity contribution in [3.8, 4) is 0 Å². The fourth-order valence-corrected chi connectivity index (χ4v) is 0.918. The van der Waals surface area contributed by atoms with Gasteiger partial charge in [-0.15, -0.1) is 6.58 Å². The van der Waals surface area contributed by atoms with Gasteiger partial charge in [-0.25, -0.2) is 9.59 Å². The van der Waals surface area contributed by atoms with Crippen LogP contribution in [0.15, 0.2) is 12.7 Å². The van der Waals surface area contributed by atoms with Gasteiger partial charge in [0.1, 0.15) is 6.04 Å². The minimum absolute atomic E-state index is 0.0355. The van der Waals surface area contributed by atoms with Gasteiger partial charge in [-0.1, -0.05) is 6.08 Å². The lowest BCUT2D eigenvalue weighted by Gasteiger charge is -2.13. The van der Waals surface area contributed by atoms with Gasteiger partial charge in [0.15, 0.2) is 0 Å². The summed E-state index contributed by atoms with van der Waals surface area (Å²) in [5, 5.41) is 13.3. The summed E-state index contributed by atoms with van der Waals surface area (Å²) in [5.41, 5.74) is 4.88. The molecule has 0 aliphatic carbocycles. The number of carbonyl (C=O) groups excluding carboxylic acids is 2. The third kappa shape index (κ3) is 6.41. The molecule has 0 rings (SSSR count). The van der Waals surface area contributed by atoms with Crippen molar-refractivity contribution in [2.75, 3.05) is 6.54 Å². The SMILES string of the molecule is C=CCNC(=O)N[C@H](CCC(N)=O)C(=O)O. The fourth-order valence-electron chi connectivity index (χ4n) is 0.918. The smallest absolute Gasteiger partial charge is 0.326 e. The molecule has 0 saturated heterocycles. The van der Waals surface area contributed by atoms with Gasteiger partial charge in [-0.3, -0.25) is 4.79 Å². The van der Waals surface area contributed by atoms with Gasteiger partial charge in [-0.2, -0.15) is 0 Å². The Hall–Kier alpha value is -2.05. The number of nitrogens with two attached hydrogens (primary N) is 1. The number of hydrogen-bond acceptors (Lipinski definition) is 3. The van der Waals surface area contributed by atoms with Crippen LogP contribution in [0.1, 0.15) is 12.8 Å². The molecule has 0 radical (unpaired) electrons. The van der Waals surface area contributed by atoms with Crippen molar-refractivity contribution in [2.45, 2.75) is 18.9 Å². The third-order valence-electron chi connectivity index (χ3n) is 1.69. The zero-order valence-corrected chi connectivity index (χ0v) is 8.73. The Morgan fingerprint density at radius 1 is 1.44 bits per heavy atom. The minimum atomic E-state index is -1.21. The fraction of sp³-hybridized carbons (Fsp3) is 0.444. The van der Waals surface area contributed by atoms with Crippen LogP contribution in [0.25, 0.3) is 0 Å². The van der Waals surface area contributed by atoms with E-state index < -0.39 is 23.9 Å². The van der Waals surface area contributed by atoms with E-state index in [9.17, 15) is 14.4 Å². The molecule has 0 unspecified atom stereocenters. The Balaban J connectivity index is 4.11. The summed E-state index contributed by atoms with van der Waals surface area (Å²) in [4.78, 5) is 32.3. The molecule has 1 atom stereocenters. The Bertz CT molecular complexity index is 290. The van der Waals surface area contributed by atoms with Gasteiger partial charge >= 0.3 is 12.0 Å². The number of primary amides is 1. The van der Waals surface area contributed by atoms with Crippen molar-refractivity contribution >= 4 is 17.9 Å². The van der Waals surface area contributed by atoms with E-state index in [1.807, 2.05) is 0 Å². The van der Waals surface area contributed by atoms with Crippen molar-refractivity contribution in [3.05, 3.63) is 12.7 Å². The molecule has 0 spiro atoms. The van der Waals surface area contributed by atoms with Crippen LogP contribution in [-0.2, 0) is 9.59 Å². The Labute approximate surface area is 92.7 Å². The van der Waals surface area contributed by atoms with Crippen molar-refractivity contribution in [1.29, 1.82) is 0 Å². The first kappa shape index (κ1) is 13.9. The van der Waals surface area contributed by atoms with Gasteiger partial charge in [0, 0.05) is 13.0 Å². The van der Waals surface area contributed by atoms with E-state index in [0.29, 0.717) is 0 Å². The van der Waals surface area contributed by atoms with E-state index in [1.165, 1.54) is 6.08 Å². The van der Waals surface area contributed by atoms with E-state index in [0.717, 1.165) is 0 Å². The number of rotatable bonds is 7. The van der Waals surface area contributed by atoms with Crippen molar-refractivity contribution in [2.24, 2.45) is 5.73 Å². The monoisotopic (exact) mass is 229 g/mol. The molecule has 0 aromatic heterocycles. The first-order chi connectivity index (χ1) is 7.47. The van der Waals surface area contributed by atoms with Crippen LogP contribution < -0.4 is 16.4 Å². The number of carboxylic acid groups (broad SMARTS) is 1. The summed E-state index contributed by atoms with van der Waals surface area (Å²) in [6.07, 6.45) is 1.32. The number of urea groups is 1. The number of aliphatic carboxylic acids is 1. The lowest BCUT2D eigenvalue weighted by atomic mass is 10.1. The highest BCUT2D eigenvalue weighted by Crippen LogP contribution is 1.97. The summed E-state index contributed by atoms with van der Waals surface area (Å²) in [7, 11) is 0. The summed E-state index contributed by atoms with van der Waals surface area (Å²) >= 11 is 0. The molecule has 0 bridgehead atoms. The van der Waals surface area contributed by atoms with Gasteiger partial charge < -0.3 is 21.5 Å². The van der Waals surface area contributed by atoms with Crippen LogP contribution >= 0.6 is 0 Å². The molecule has 0 aromatic carbocycles. The minimum Gasteiger partial charge on any atom is -0.480 e. The molecule has 7 nitrogen and oxygen atoms in total. The number of nitrogens with one attached hydrogen (secondary N) is 2. The molecule has 5 N–H and O–H groups in total. The number of amides is 3. The van der Waals surface area contributed by atoms with Crippen molar-refractivity contribution in [3.63, 3.8) is 0 Å². The first-order valence-corrected chi connectivity index (χ1v) is 4.63. The Morgan fingerprint density at radius 3 is 2.50 bits per heavy atom. The van der Waals surface area contributed by atoms with Crippen LogP contribution in [-0.4, -0.2) is 35.6 Å². The molecule has 90 valence electrons. The maximum atomic E-state index is 11.1. The van der Waals surface area contributed by atoms with Crippen LogP contribution in [0.3, 0.4) is 0 Å². The van der Waals surface area contributed by atoms with Gasteiger partial charge in [0.2, 0.25) is 5.91 Å². The number of carboxylic acids is 1. The van der Waals surface area contributed by atoms with E-state index in [2.05, 4.69) is 17.2 Å². The second-order valence-corrected chi connectivity index (χ2v) is 3.04. The predicted octanol–water partition coefficient (Wildman–Crippen LogP) is -0.810. The quantitative estimate of drug-likeness (QED) is 0.426. The third-order valence-corrected chi connectivity index (χ3v) is 1.69. The Kier molecular flexibility index (Phi) is 6.34. The summed E-state index contributed by atoms with van der Waals surface area (Å²) < 4.78 is 0. The Morgan fingerprint density at radius 2 is 2.06 bits per heavy atom. The average Bonchev–Trinajstić information content (AvgIpc) is 2.20. The standard InChI is InChI=1S/C9H15N3O4/c1-2-5-11-9(16)12-6(8(14)15)3-4-7(10)13/h2,6H,1,3-5H2,(H2,10,13)(H,14,15)(H2,11,12,16)/t6-/m1/s1. The second-order valence-electron chi connectivity index (χ2n) is 3.04. The molecule has 0 aromatic rings. The lowest BCUT2D eigenvalue weighted by Crippen LogP contribution is -2.46. The van der Waals surface area contributed by atoms with E-state index in [1.54, 1.807) is 0 Å². The molecular weight excluding hydrogens is 214 g/mol. The summed E-state index contributed by atoms with van der Waals surface area (Å²) in [6.45, 7) is 3.62. The molecular formula is C9H15N3O4. The van der Waals surface area contributed by atoms with Gasteiger partial charge in [0.25, 0.3) is 0 Å².